The standard InChI is InChI=1S/C19H17NO2S2/c1-24(21,22)19-12-9-16(20-14-19)13-15-7-10-18(11-8-15)23-17-5-3-2-4-6-17/h2-12,14H,13H2,1H3. The maximum absolute atomic E-state index is 11.4. The Morgan fingerprint density at radius 1 is 0.875 bits per heavy atom. The predicted octanol–water partition coefficient (Wildman–Crippen LogP) is 4.23. The lowest BCUT2D eigenvalue weighted by atomic mass is 10.1. The first-order valence-corrected chi connectivity index (χ1v) is 10.2. The Kier molecular flexibility index (Phi) is 5.02. The topological polar surface area (TPSA) is 47.0 Å². The van der Waals surface area contributed by atoms with Crippen molar-refractivity contribution in [2.45, 2.75) is 21.1 Å². The first-order valence-electron chi connectivity index (χ1n) is 7.47. The minimum Gasteiger partial charge on any atom is -0.260 e. The SMILES string of the molecule is CS(=O)(=O)c1ccc(Cc2ccc(Sc3ccccc3)cc2)nc1. The van der Waals surface area contributed by atoms with Crippen LogP contribution >= 0.6 is 11.8 Å². The fourth-order valence-corrected chi connectivity index (χ4v) is 3.64. The molecule has 24 heavy (non-hydrogen) atoms. The van der Waals surface area contributed by atoms with Gasteiger partial charge in [-0.05, 0) is 42.0 Å². The summed E-state index contributed by atoms with van der Waals surface area (Å²) in [5.74, 6) is 0. The molecule has 0 N–H and O–H groups in total. The molecule has 0 saturated heterocycles. The number of benzene rings is 2. The van der Waals surface area contributed by atoms with Gasteiger partial charge < -0.3 is 0 Å². The minimum absolute atomic E-state index is 0.251. The van der Waals surface area contributed by atoms with Crippen molar-refractivity contribution in [2.75, 3.05) is 6.26 Å². The molecule has 0 unspecified atom stereocenters. The monoisotopic (exact) mass is 355 g/mol. The molecule has 3 aromatic rings. The number of aromatic nitrogens is 1. The summed E-state index contributed by atoms with van der Waals surface area (Å²) in [5.41, 5.74) is 2.00. The molecule has 3 rings (SSSR count). The number of hydrogen-bond donors (Lipinski definition) is 0. The highest BCUT2D eigenvalue weighted by atomic mass is 32.2. The van der Waals surface area contributed by atoms with E-state index in [2.05, 4.69) is 41.4 Å². The lowest BCUT2D eigenvalue weighted by Crippen LogP contribution is -1.99. The maximum Gasteiger partial charge on any atom is 0.177 e. The Bertz CT molecular complexity index is 904. The van der Waals surface area contributed by atoms with E-state index in [4.69, 9.17) is 0 Å². The van der Waals surface area contributed by atoms with Gasteiger partial charge in [0, 0.05) is 34.4 Å². The summed E-state index contributed by atoms with van der Waals surface area (Å²) in [6.07, 6.45) is 3.29. The molecule has 0 aliphatic rings. The van der Waals surface area contributed by atoms with Crippen molar-refractivity contribution in [3.8, 4) is 0 Å². The van der Waals surface area contributed by atoms with Gasteiger partial charge in [-0.3, -0.25) is 4.98 Å². The van der Waals surface area contributed by atoms with Crippen molar-refractivity contribution in [1.29, 1.82) is 0 Å². The molecule has 2 aromatic carbocycles. The quantitative estimate of drug-likeness (QED) is 0.687. The van der Waals surface area contributed by atoms with Gasteiger partial charge in [-0.25, -0.2) is 8.42 Å². The van der Waals surface area contributed by atoms with Gasteiger partial charge in [-0.2, -0.15) is 0 Å². The molecule has 0 amide bonds. The van der Waals surface area contributed by atoms with Crippen molar-refractivity contribution in [3.05, 3.63) is 84.2 Å². The zero-order chi connectivity index (χ0) is 17.0. The second kappa shape index (κ2) is 7.20. The smallest absolute Gasteiger partial charge is 0.177 e. The van der Waals surface area contributed by atoms with Crippen LogP contribution in [-0.4, -0.2) is 19.7 Å². The maximum atomic E-state index is 11.4. The van der Waals surface area contributed by atoms with E-state index in [-0.39, 0.29) is 4.90 Å². The number of sulfone groups is 1. The highest BCUT2D eigenvalue weighted by Gasteiger charge is 2.07. The average molecular weight is 355 g/mol. The van der Waals surface area contributed by atoms with Crippen LogP contribution in [0.5, 0.6) is 0 Å². The Hall–Kier alpha value is -2.11. The largest absolute Gasteiger partial charge is 0.260 e. The summed E-state index contributed by atoms with van der Waals surface area (Å²) >= 11 is 1.72. The number of rotatable bonds is 5. The molecule has 0 saturated carbocycles. The van der Waals surface area contributed by atoms with Crippen LogP contribution in [0.25, 0.3) is 0 Å². The second-order valence-corrected chi connectivity index (χ2v) is 8.66. The molecular weight excluding hydrogens is 338 g/mol. The number of pyridine rings is 1. The van der Waals surface area contributed by atoms with Crippen molar-refractivity contribution >= 4 is 21.6 Å². The number of hydrogen-bond acceptors (Lipinski definition) is 4. The van der Waals surface area contributed by atoms with Crippen molar-refractivity contribution in [3.63, 3.8) is 0 Å². The fraction of sp³-hybridized carbons (Fsp3) is 0.105. The molecule has 0 bridgehead atoms. The van der Waals surface area contributed by atoms with Crippen LogP contribution in [0.3, 0.4) is 0 Å². The third-order valence-electron chi connectivity index (χ3n) is 3.51. The minimum atomic E-state index is -3.19. The molecule has 0 radical (unpaired) electrons. The summed E-state index contributed by atoms with van der Waals surface area (Å²) in [6, 6.07) is 22.0. The molecule has 3 nitrogen and oxygen atoms in total. The van der Waals surface area contributed by atoms with E-state index < -0.39 is 9.84 Å². The molecule has 122 valence electrons. The van der Waals surface area contributed by atoms with Crippen LogP contribution in [0.1, 0.15) is 11.3 Å². The zero-order valence-corrected chi connectivity index (χ0v) is 14.8. The van der Waals surface area contributed by atoms with Crippen molar-refractivity contribution in [1.82, 2.24) is 4.98 Å². The first kappa shape index (κ1) is 16.7. The molecule has 1 aromatic heterocycles. The summed E-state index contributed by atoms with van der Waals surface area (Å²) in [5, 5.41) is 0. The molecule has 0 fully saturated rings. The molecule has 0 atom stereocenters. The van der Waals surface area contributed by atoms with Crippen molar-refractivity contribution in [2.24, 2.45) is 0 Å². The van der Waals surface area contributed by atoms with E-state index in [0.717, 1.165) is 11.3 Å². The lowest BCUT2D eigenvalue weighted by molar-refractivity contribution is 0.601. The summed E-state index contributed by atoms with van der Waals surface area (Å²) in [7, 11) is -3.19. The van der Waals surface area contributed by atoms with Crippen LogP contribution < -0.4 is 0 Å². The van der Waals surface area contributed by atoms with Crippen molar-refractivity contribution < 1.29 is 8.42 Å². The molecular formula is C19H17NO2S2. The van der Waals surface area contributed by atoms with Gasteiger partial charge in [-0.1, -0.05) is 42.1 Å². The van der Waals surface area contributed by atoms with E-state index in [0.29, 0.717) is 6.42 Å². The van der Waals surface area contributed by atoms with Crippen LogP contribution in [0, 0.1) is 0 Å². The average Bonchev–Trinajstić information content (AvgIpc) is 2.57. The lowest BCUT2D eigenvalue weighted by Gasteiger charge is -2.05. The van der Waals surface area contributed by atoms with Crippen LogP contribution in [0.2, 0.25) is 0 Å². The first-order chi connectivity index (χ1) is 11.5. The van der Waals surface area contributed by atoms with Gasteiger partial charge in [0.25, 0.3) is 0 Å². The van der Waals surface area contributed by atoms with E-state index in [1.807, 2.05) is 18.2 Å². The summed E-state index contributed by atoms with van der Waals surface area (Å²) < 4.78 is 22.9. The van der Waals surface area contributed by atoms with Gasteiger partial charge in [0.15, 0.2) is 9.84 Å². The Labute approximate surface area is 146 Å². The predicted molar refractivity (Wildman–Crippen MR) is 97.2 cm³/mol. The van der Waals surface area contributed by atoms with Gasteiger partial charge in [0.2, 0.25) is 0 Å². The van der Waals surface area contributed by atoms with Crippen LogP contribution in [0.4, 0.5) is 0 Å². The second-order valence-electron chi connectivity index (χ2n) is 5.49. The van der Waals surface area contributed by atoms with Crippen LogP contribution in [-0.2, 0) is 16.3 Å². The van der Waals surface area contributed by atoms with Gasteiger partial charge in [-0.15, -0.1) is 0 Å². The summed E-state index contributed by atoms with van der Waals surface area (Å²) in [4.78, 5) is 6.89. The fourth-order valence-electron chi connectivity index (χ4n) is 2.24. The molecule has 5 heteroatoms. The Morgan fingerprint density at radius 3 is 2.12 bits per heavy atom. The molecule has 1 heterocycles. The molecule has 0 aliphatic carbocycles. The molecule has 0 spiro atoms. The van der Waals surface area contributed by atoms with Gasteiger partial charge in [0.05, 0.1) is 4.90 Å². The van der Waals surface area contributed by atoms with E-state index in [1.54, 1.807) is 23.9 Å². The van der Waals surface area contributed by atoms with E-state index in [9.17, 15) is 8.42 Å². The highest BCUT2D eigenvalue weighted by molar-refractivity contribution is 7.99. The highest BCUT2D eigenvalue weighted by Crippen LogP contribution is 2.27. The van der Waals surface area contributed by atoms with Gasteiger partial charge >= 0.3 is 0 Å². The molecule has 0 aliphatic heterocycles. The zero-order valence-electron chi connectivity index (χ0n) is 13.2. The third-order valence-corrected chi connectivity index (χ3v) is 5.63. The summed E-state index contributed by atoms with van der Waals surface area (Å²) in [6.45, 7) is 0. The van der Waals surface area contributed by atoms with Crippen LogP contribution in [0.15, 0.2) is 87.6 Å². The van der Waals surface area contributed by atoms with E-state index >= 15 is 0 Å². The number of nitrogens with zero attached hydrogens (tertiary/aromatic N) is 1. The Balaban J connectivity index is 1.68. The Morgan fingerprint density at radius 2 is 1.54 bits per heavy atom. The van der Waals surface area contributed by atoms with Gasteiger partial charge in [0.1, 0.15) is 0 Å². The third kappa shape index (κ3) is 4.46. The normalized spacial score (nSPS) is 11.4. The van der Waals surface area contributed by atoms with E-state index in [1.165, 1.54) is 22.2 Å².